The van der Waals surface area contributed by atoms with E-state index >= 15 is 0 Å². The minimum atomic E-state index is -0.164. The molecule has 2 saturated carbocycles. The van der Waals surface area contributed by atoms with Gasteiger partial charge in [-0.25, -0.2) is 0 Å². The monoisotopic (exact) mass is 533 g/mol. The van der Waals surface area contributed by atoms with E-state index in [4.69, 9.17) is 23.2 Å². The highest BCUT2D eigenvalue weighted by Gasteiger charge is 2.48. The van der Waals surface area contributed by atoms with Crippen LogP contribution in [-0.2, 0) is 14.4 Å². The van der Waals surface area contributed by atoms with Crippen molar-refractivity contribution in [2.24, 2.45) is 17.3 Å². The molecule has 1 aromatic carbocycles. The summed E-state index contributed by atoms with van der Waals surface area (Å²) < 4.78 is 0. The summed E-state index contributed by atoms with van der Waals surface area (Å²) in [5.41, 5.74) is 0.840. The quantitative estimate of drug-likeness (QED) is 0.496. The molecule has 4 aliphatic rings. The van der Waals surface area contributed by atoms with Gasteiger partial charge in [0, 0.05) is 56.9 Å². The van der Waals surface area contributed by atoms with Gasteiger partial charge in [0.05, 0.1) is 16.1 Å². The zero-order chi connectivity index (χ0) is 25.6. The fourth-order valence-electron chi connectivity index (χ4n) is 5.90. The molecular weight excluding hydrogens is 497 g/mol. The molecule has 0 spiro atoms. The van der Waals surface area contributed by atoms with E-state index in [2.05, 4.69) is 0 Å². The molecule has 3 amide bonds. The molecule has 2 heterocycles. The lowest BCUT2D eigenvalue weighted by atomic mass is 9.93. The summed E-state index contributed by atoms with van der Waals surface area (Å²) in [5, 5.41) is 0.986. The highest BCUT2D eigenvalue weighted by atomic mass is 35.5. The Labute approximate surface area is 224 Å². The molecule has 8 heteroatoms. The second kappa shape index (κ2) is 10.2. The summed E-state index contributed by atoms with van der Waals surface area (Å²) in [4.78, 5) is 45.2. The maximum absolute atomic E-state index is 13.6. The van der Waals surface area contributed by atoms with Gasteiger partial charge in [-0.15, -0.1) is 0 Å². The van der Waals surface area contributed by atoms with E-state index < -0.39 is 0 Å². The topological polar surface area (TPSA) is 60.9 Å². The zero-order valence-electron chi connectivity index (χ0n) is 21.3. The average molecular weight is 535 g/mol. The van der Waals surface area contributed by atoms with Crippen molar-refractivity contribution in [3.8, 4) is 0 Å². The largest absolute Gasteiger partial charge is 0.342 e. The average Bonchev–Trinajstić information content (AvgIpc) is 3.81. The first-order chi connectivity index (χ1) is 17.2. The van der Waals surface area contributed by atoms with Crippen molar-refractivity contribution in [3.05, 3.63) is 33.8 Å². The van der Waals surface area contributed by atoms with Crippen molar-refractivity contribution in [3.63, 3.8) is 0 Å². The molecule has 1 aromatic rings. The Balaban J connectivity index is 1.27. The van der Waals surface area contributed by atoms with Crippen LogP contribution in [0.4, 0.5) is 0 Å². The molecule has 0 unspecified atom stereocenters. The van der Waals surface area contributed by atoms with Crippen LogP contribution in [-0.4, -0.2) is 71.7 Å². The molecule has 0 radical (unpaired) electrons. The van der Waals surface area contributed by atoms with E-state index in [0.29, 0.717) is 61.4 Å². The normalized spacial score (nSPS) is 25.7. The Morgan fingerprint density at radius 1 is 1.00 bits per heavy atom. The molecule has 4 fully saturated rings. The van der Waals surface area contributed by atoms with Gasteiger partial charge in [-0.2, -0.15) is 0 Å². The third-order valence-electron chi connectivity index (χ3n) is 8.97. The maximum Gasteiger partial charge on any atom is 0.228 e. The fraction of sp³-hybridized carbons (Fsp3) is 0.679. The number of piperidine rings is 1. The second-order valence-electron chi connectivity index (χ2n) is 11.7. The van der Waals surface area contributed by atoms with Gasteiger partial charge in [0.2, 0.25) is 17.7 Å². The molecule has 5 rings (SSSR count). The number of carbonyl (C=O) groups is 3. The van der Waals surface area contributed by atoms with E-state index in [1.165, 1.54) is 12.8 Å². The Morgan fingerprint density at radius 3 is 2.31 bits per heavy atom. The van der Waals surface area contributed by atoms with Crippen LogP contribution in [0.1, 0.15) is 69.8 Å². The Bertz CT molecular complexity index is 1030. The Kier molecular flexibility index (Phi) is 7.30. The van der Waals surface area contributed by atoms with Gasteiger partial charge >= 0.3 is 0 Å². The van der Waals surface area contributed by atoms with Gasteiger partial charge in [0.25, 0.3) is 0 Å². The van der Waals surface area contributed by atoms with Gasteiger partial charge < -0.3 is 14.7 Å². The highest BCUT2D eigenvalue weighted by Crippen LogP contribution is 2.47. The smallest absolute Gasteiger partial charge is 0.228 e. The van der Waals surface area contributed by atoms with Crippen LogP contribution in [0.25, 0.3) is 0 Å². The minimum Gasteiger partial charge on any atom is -0.342 e. The molecule has 2 atom stereocenters. The lowest BCUT2D eigenvalue weighted by molar-refractivity contribution is -0.142. The number of carbonyl (C=O) groups excluding carboxylic acids is 3. The van der Waals surface area contributed by atoms with E-state index in [1.54, 1.807) is 6.07 Å². The lowest BCUT2D eigenvalue weighted by Gasteiger charge is -2.34. The molecule has 0 bridgehead atoms. The van der Waals surface area contributed by atoms with Crippen LogP contribution in [0.3, 0.4) is 0 Å². The predicted octanol–water partition coefficient (Wildman–Crippen LogP) is 4.98. The third-order valence-corrected chi connectivity index (χ3v) is 9.71. The maximum atomic E-state index is 13.6. The molecule has 0 aromatic heterocycles. The highest BCUT2D eigenvalue weighted by molar-refractivity contribution is 6.42. The summed E-state index contributed by atoms with van der Waals surface area (Å²) in [6, 6.07) is 5.53. The van der Waals surface area contributed by atoms with Crippen LogP contribution in [0.5, 0.6) is 0 Å². The predicted molar refractivity (Wildman–Crippen MR) is 141 cm³/mol. The second-order valence-corrected chi connectivity index (χ2v) is 12.5. The van der Waals surface area contributed by atoms with Gasteiger partial charge in [0.1, 0.15) is 0 Å². The van der Waals surface area contributed by atoms with Crippen LogP contribution in [0.2, 0.25) is 10.0 Å². The summed E-state index contributed by atoms with van der Waals surface area (Å²) in [7, 11) is 1.88. The number of likely N-dealkylation sites (tertiary alicyclic amines) is 2. The first-order valence-electron chi connectivity index (χ1n) is 13.4. The van der Waals surface area contributed by atoms with Crippen molar-refractivity contribution in [2.45, 2.75) is 70.3 Å². The molecule has 2 saturated heterocycles. The van der Waals surface area contributed by atoms with Crippen LogP contribution < -0.4 is 0 Å². The number of hydrogen-bond donors (Lipinski definition) is 0. The van der Waals surface area contributed by atoms with Crippen LogP contribution in [0.15, 0.2) is 18.2 Å². The van der Waals surface area contributed by atoms with Crippen LogP contribution >= 0.6 is 23.2 Å². The van der Waals surface area contributed by atoms with Crippen molar-refractivity contribution in [2.75, 3.05) is 33.2 Å². The Hall–Kier alpha value is -1.79. The van der Waals surface area contributed by atoms with Gasteiger partial charge in [-0.05, 0) is 55.7 Å². The van der Waals surface area contributed by atoms with E-state index in [0.717, 1.165) is 24.8 Å². The van der Waals surface area contributed by atoms with E-state index in [1.807, 2.05) is 40.8 Å². The molecule has 2 aliphatic carbocycles. The zero-order valence-corrected chi connectivity index (χ0v) is 22.9. The van der Waals surface area contributed by atoms with Gasteiger partial charge in [-0.1, -0.05) is 49.0 Å². The standard InChI is InChI=1S/C28H37Cl2N3O3/c1-28(11-12-28)27(36)32-13-9-19(10-14-32)26(35)33-16-21(20-6-7-22(29)23(30)15-20)24(17-33)31(2)25(34)8-5-18-3-4-18/h6-7,15,18-19,21,24H,3-5,8-14,16-17H2,1-2H3/t21-,24+/m1/s1. The molecule has 196 valence electrons. The van der Waals surface area contributed by atoms with Crippen molar-refractivity contribution >= 4 is 40.9 Å². The number of nitrogens with zero attached hydrogens (tertiary/aromatic N) is 3. The molecule has 2 aliphatic heterocycles. The van der Waals surface area contributed by atoms with E-state index in [-0.39, 0.29) is 41.0 Å². The first kappa shape index (κ1) is 25.8. The van der Waals surface area contributed by atoms with Gasteiger partial charge in [0.15, 0.2) is 0 Å². The fourth-order valence-corrected chi connectivity index (χ4v) is 6.20. The van der Waals surface area contributed by atoms with Gasteiger partial charge in [-0.3, -0.25) is 14.4 Å². The molecular formula is C28H37Cl2N3O3. The SMILES string of the molecule is CN(C(=O)CCC1CC1)[C@H]1CN(C(=O)C2CCN(C(=O)C3(C)CC3)CC2)C[C@@H]1c1ccc(Cl)c(Cl)c1. The van der Waals surface area contributed by atoms with Crippen molar-refractivity contribution < 1.29 is 14.4 Å². The molecule has 6 nitrogen and oxygen atoms in total. The summed E-state index contributed by atoms with van der Waals surface area (Å²) in [6.45, 7) is 4.42. The molecule has 36 heavy (non-hydrogen) atoms. The molecule has 0 N–H and O–H groups in total. The van der Waals surface area contributed by atoms with E-state index in [9.17, 15) is 14.4 Å². The lowest BCUT2D eigenvalue weighted by Crippen LogP contribution is -2.46. The van der Waals surface area contributed by atoms with Crippen molar-refractivity contribution in [1.29, 1.82) is 0 Å². The Morgan fingerprint density at radius 2 is 1.69 bits per heavy atom. The number of halogens is 2. The summed E-state index contributed by atoms with van der Waals surface area (Å²) in [6.07, 6.45) is 7.34. The van der Waals surface area contributed by atoms with Crippen LogP contribution in [0, 0.1) is 17.3 Å². The number of rotatable bonds is 7. The number of amides is 3. The summed E-state index contributed by atoms with van der Waals surface area (Å²) >= 11 is 12.5. The summed E-state index contributed by atoms with van der Waals surface area (Å²) in [5.74, 6) is 1.15. The van der Waals surface area contributed by atoms with Crippen molar-refractivity contribution in [1.82, 2.24) is 14.7 Å². The minimum absolute atomic E-state index is 0.0184. The number of hydrogen-bond acceptors (Lipinski definition) is 3. The number of likely N-dealkylation sites (N-methyl/N-ethyl adjacent to an activating group) is 1. The number of benzene rings is 1. The first-order valence-corrected chi connectivity index (χ1v) is 14.2. The third kappa shape index (κ3) is 5.40.